The summed E-state index contributed by atoms with van der Waals surface area (Å²) in [6.07, 6.45) is 8.04. The number of nitrogens with one attached hydrogen (secondary N) is 1. The Kier molecular flexibility index (Phi) is 2.91. The summed E-state index contributed by atoms with van der Waals surface area (Å²) >= 11 is 0. The van der Waals surface area contributed by atoms with Crippen molar-refractivity contribution in [3.05, 3.63) is 18.5 Å². The number of nitrogens with zero attached hydrogens (tertiary/aromatic N) is 3. The zero-order valence-corrected chi connectivity index (χ0v) is 12.5. The monoisotopic (exact) mass is 286 g/mol. The fourth-order valence-corrected chi connectivity index (χ4v) is 4.00. The van der Waals surface area contributed by atoms with E-state index in [4.69, 9.17) is 0 Å². The lowest BCUT2D eigenvalue weighted by atomic mass is 9.65. The van der Waals surface area contributed by atoms with Gasteiger partial charge in [0, 0.05) is 37.4 Å². The molecule has 5 heteroatoms. The molecule has 1 amide bonds. The van der Waals surface area contributed by atoms with Gasteiger partial charge in [-0.3, -0.25) is 4.79 Å². The maximum Gasteiger partial charge on any atom is 0.225 e. The van der Waals surface area contributed by atoms with E-state index in [1.54, 1.807) is 12.4 Å². The molecule has 112 valence electrons. The molecule has 0 unspecified atom stereocenters. The zero-order valence-electron chi connectivity index (χ0n) is 12.5. The third-order valence-electron chi connectivity index (χ3n) is 5.43. The molecule has 4 rings (SSSR count). The number of hydrogen-bond donors (Lipinski definition) is 1. The van der Waals surface area contributed by atoms with Gasteiger partial charge in [0.25, 0.3) is 0 Å². The van der Waals surface area contributed by atoms with Gasteiger partial charge in [0.05, 0.1) is 0 Å². The fraction of sp³-hybridized carbons (Fsp3) is 0.688. The smallest absolute Gasteiger partial charge is 0.225 e. The molecule has 1 aliphatic heterocycles. The molecule has 0 bridgehead atoms. The molecular weight excluding hydrogens is 264 g/mol. The van der Waals surface area contributed by atoms with Crippen molar-refractivity contribution in [2.24, 2.45) is 17.3 Å². The predicted octanol–water partition coefficient (Wildman–Crippen LogP) is 1.93. The van der Waals surface area contributed by atoms with Gasteiger partial charge in [-0.15, -0.1) is 0 Å². The number of carbonyl (C=O) groups is 1. The lowest BCUT2D eigenvalue weighted by Gasteiger charge is -2.45. The Morgan fingerprint density at radius 1 is 1.38 bits per heavy atom. The van der Waals surface area contributed by atoms with E-state index >= 15 is 0 Å². The van der Waals surface area contributed by atoms with Crippen LogP contribution in [-0.2, 0) is 4.79 Å². The topological polar surface area (TPSA) is 58.1 Å². The van der Waals surface area contributed by atoms with E-state index in [-0.39, 0.29) is 0 Å². The molecule has 3 aliphatic rings. The molecule has 1 spiro atoms. The van der Waals surface area contributed by atoms with E-state index < -0.39 is 0 Å². The van der Waals surface area contributed by atoms with Gasteiger partial charge in [0.15, 0.2) is 0 Å². The van der Waals surface area contributed by atoms with Crippen LogP contribution in [0.5, 0.6) is 0 Å². The summed E-state index contributed by atoms with van der Waals surface area (Å²) in [7, 11) is 0. The van der Waals surface area contributed by atoms with E-state index in [2.05, 4.69) is 27.1 Å². The van der Waals surface area contributed by atoms with Gasteiger partial charge in [-0.2, -0.15) is 0 Å². The predicted molar refractivity (Wildman–Crippen MR) is 79.6 cm³/mol. The van der Waals surface area contributed by atoms with E-state index in [1.807, 2.05) is 6.07 Å². The van der Waals surface area contributed by atoms with Crippen LogP contribution in [0.2, 0.25) is 0 Å². The first-order valence-corrected chi connectivity index (χ1v) is 7.98. The minimum absolute atomic E-state index is 0.326. The third kappa shape index (κ3) is 2.39. The second kappa shape index (κ2) is 4.68. The molecule has 1 aromatic heterocycles. The third-order valence-corrected chi connectivity index (χ3v) is 5.43. The molecule has 2 heterocycles. The Bertz CT molecular complexity index is 540. The molecule has 5 nitrogen and oxygen atoms in total. The van der Waals surface area contributed by atoms with E-state index in [9.17, 15) is 4.79 Å². The summed E-state index contributed by atoms with van der Waals surface area (Å²) in [5, 5.41) is 3.39. The molecule has 3 fully saturated rings. The molecule has 1 N–H and O–H groups in total. The standard InChI is InChI=1S/C16H22N4O/c1-11-7-13(11)14(21)20-6-3-16(10-20)8-12(9-16)19-15-17-4-2-5-18-15/h2,4-5,11-13H,3,6-10H2,1H3,(H,17,18,19)/t11-,12?,13-,16?/m0/s1. The van der Waals surface area contributed by atoms with Crippen LogP contribution in [0.1, 0.15) is 32.6 Å². The summed E-state index contributed by atoms with van der Waals surface area (Å²) in [6.45, 7) is 4.09. The average molecular weight is 286 g/mol. The van der Waals surface area contributed by atoms with Gasteiger partial charge in [0.2, 0.25) is 11.9 Å². The number of amides is 1. The molecule has 21 heavy (non-hydrogen) atoms. The molecule has 1 aromatic rings. The van der Waals surface area contributed by atoms with E-state index in [0.29, 0.717) is 29.2 Å². The molecule has 0 aromatic carbocycles. The minimum Gasteiger partial charge on any atom is -0.351 e. The van der Waals surface area contributed by atoms with Gasteiger partial charge >= 0.3 is 0 Å². The maximum absolute atomic E-state index is 12.3. The first-order chi connectivity index (χ1) is 10.2. The Hall–Kier alpha value is -1.65. The number of likely N-dealkylation sites (tertiary alicyclic amines) is 1. The van der Waals surface area contributed by atoms with Crippen molar-refractivity contribution in [1.29, 1.82) is 0 Å². The van der Waals surface area contributed by atoms with Crippen molar-refractivity contribution in [1.82, 2.24) is 14.9 Å². The first-order valence-electron chi connectivity index (χ1n) is 7.98. The van der Waals surface area contributed by atoms with Gasteiger partial charge < -0.3 is 10.2 Å². The quantitative estimate of drug-likeness (QED) is 0.922. The molecule has 2 atom stereocenters. The number of hydrogen-bond acceptors (Lipinski definition) is 4. The van der Waals surface area contributed by atoms with Crippen LogP contribution < -0.4 is 5.32 Å². The maximum atomic E-state index is 12.3. The van der Waals surface area contributed by atoms with Gasteiger partial charge in [-0.1, -0.05) is 6.92 Å². The first kappa shape index (κ1) is 13.0. The highest BCUT2D eigenvalue weighted by Gasteiger charge is 2.51. The highest BCUT2D eigenvalue weighted by molar-refractivity contribution is 5.82. The van der Waals surface area contributed by atoms with Crippen LogP contribution >= 0.6 is 0 Å². The van der Waals surface area contributed by atoms with Crippen molar-refractivity contribution < 1.29 is 4.79 Å². The van der Waals surface area contributed by atoms with Crippen molar-refractivity contribution in [3.63, 3.8) is 0 Å². The van der Waals surface area contributed by atoms with Gasteiger partial charge in [-0.25, -0.2) is 9.97 Å². The Morgan fingerprint density at radius 2 is 2.10 bits per heavy atom. The van der Waals surface area contributed by atoms with Crippen molar-refractivity contribution in [2.45, 2.75) is 38.6 Å². The van der Waals surface area contributed by atoms with Crippen LogP contribution in [0.4, 0.5) is 5.95 Å². The highest BCUT2D eigenvalue weighted by atomic mass is 16.2. The molecular formula is C16H22N4O. The molecule has 0 radical (unpaired) electrons. The Balaban J connectivity index is 1.30. The lowest BCUT2D eigenvalue weighted by Crippen LogP contribution is -2.47. The summed E-state index contributed by atoms with van der Waals surface area (Å²) in [5.74, 6) is 2.06. The second-order valence-electron chi connectivity index (χ2n) is 7.15. The number of anilines is 1. The second-order valence-corrected chi connectivity index (χ2v) is 7.15. The number of carbonyl (C=O) groups excluding carboxylic acids is 1. The van der Waals surface area contributed by atoms with Crippen molar-refractivity contribution >= 4 is 11.9 Å². The molecule has 1 saturated heterocycles. The largest absolute Gasteiger partial charge is 0.351 e. The van der Waals surface area contributed by atoms with Crippen molar-refractivity contribution in [2.75, 3.05) is 18.4 Å². The van der Waals surface area contributed by atoms with E-state index in [1.165, 1.54) is 0 Å². The Labute approximate surface area is 125 Å². The lowest BCUT2D eigenvalue weighted by molar-refractivity contribution is -0.132. The van der Waals surface area contributed by atoms with Gasteiger partial charge in [-0.05, 0) is 43.1 Å². The number of aromatic nitrogens is 2. The SMILES string of the molecule is C[C@H]1C[C@@H]1C(=O)N1CCC2(CC(Nc3ncccn3)C2)C1. The molecule has 2 aliphatic carbocycles. The Morgan fingerprint density at radius 3 is 2.76 bits per heavy atom. The normalized spacial score (nSPS) is 37.4. The summed E-state index contributed by atoms with van der Waals surface area (Å²) in [6, 6.07) is 2.29. The summed E-state index contributed by atoms with van der Waals surface area (Å²) in [5.41, 5.74) is 0.361. The van der Waals surface area contributed by atoms with Crippen molar-refractivity contribution in [3.8, 4) is 0 Å². The van der Waals surface area contributed by atoms with Crippen LogP contribution in [0, 0.1) is 17.3 Å². The van der Waals surface area contributed by atoms with Crippen LogP contribution in [0.3, 0.4) is 0 Å². The highest BCUT2D eigenvalue weighted by Crippen LogP contribution is 2.50. The number of rotatable bonds is 3. The van der Waals surface area contributed by atoms with Crippen LogP contribution in [-0.4, -0.2) is 39.9 Å². The van der Waals surface area contributed by atoms with E-state index in [0.717, 1.165) is 44.7 Å². The van der Waals surface area contributed by atoms with Gasteiger partial charge in [0.1, 0.15) is 0 Å². The fourth-order valence-electron chi connectivity index (χ4n) is 4.00. The summed E-state index contributed by atoms with van der Waals surface area (Å²) < 4.78 is 0. The summed E-state index contributed by atoms with van der Waals surface area (Å²) in [4.78, 5) is 22.8. The minimum atomic E-state index is 0.326. The van der Waals surface area contributed by atoms with Crippen LogP contribution in [0.15, 0.2) is 18.5 Å². The molecule has 2 saturated carbocycles. The zero-order chi connectivity index (χ0) is 14.4. The van der Waals surface area contributed by atoms with Crippen LogP contribution in [0.25, 0.3) is 0 Å². The average Bonchev–Trinajstić information content (AvgIpc) is 3.01.